The molecule has 1 N–H and O–H groups in total. The van der Waals surface area contributed by atoms with Crippen molar-refractivity contribution in [3.63, 3.8) is 0 Å². The first kappa shape index (κ1) is 24.7. The van der Waals surface area contributed by atoms with Crippen LogP contribution in [-0.4, -0.2) is 31.3 Å². The monoisotopic (exact) mass is 512 g/mol. The summed E-state index contributed by atoms with van der Waals surface area (Å²) in [6, 6.07) is 21.2. The summed E-state index contributed by atoms with van der Waals surface area (Å²) >= 11 is 1.58. The largest absolute Gasteiger partial charge is 0.481 e. The van der Waals surface area contributed by atoms with Crippen LogP contribution in [0.25, 0.3) is 10.8 Å². The van der Waals surface area contributed by atoms with E-state index < -0.39 is 5.97 Å². The third kappa shape index (κ3) is 5.57. The number of hydrogen-bond acceptors (Lipinski definition) is 6. The summed E-state index contributed by atoms with van der Waals surface area (Å²) in [5.74, 6) is -0.0362. The first-order valence-electron chi connectivity index (χ1n) is 12.5. The van der Waals surface area contributed by atoms with Gasteiger partial charge in [-0.15, -0.1) is 11.3 Å². The van der Waals surface area contributed by atoms with E-state index in [-0.39, 0.29) is 12.5 Å². The first-order chi connectivity index (χ1) is 18.1. The summed E-state index contributed by atoms with van der Waals surface area (Å²) in [6.45, 7) is 1.87. The van der Waals surface area contributed by atoms with Crippen molar-refractivity contribution in [1.29, 1.82) is 0 Å². The van der Waals surface area contributed by atoms with Crippen LogP contribution in [0.5, 0.6) is 5.75 Å². The Bertz CT molecular complexity index is 1460. The smallest absolute Gasteiger partial charge is 0.344 e. The lowest BCUT2D eigenvalue weighted by molar-refractivity contribution is -0.145. The molecule has 0 saturated heterocycles. The van der Waals surface area contributed by atoms with E-state index in [0.717, 1.165) is 53.3 Å². The lowest BCUT2D eigenvalue weighted by Crippen LogP contribution is -2.15. The number of fused-ring (bicyclic) bond motifs is 2. The predicted octanol–water partition coefficient (Wildman–Crippen LogP) is 6.72. The molecule has 4 aromatic rings. The molecular formula is C30H28N2O4S. The molecular weight excluding hydrogens is 484 g/mol. The van der Waals surface area contributed by atoms with Crippen molar-refractivity contribution >= 4 is 50.9 Å². The Morgan fingerprint density at radius 2 is 1.78 bits per heavy atom. The fourth-order valence-corrected chi connectivity index (χ4v) is 5.82. The van der Waals surface area contributed by atoms with E-state index in [9.17, 15) is 9.59 Å². The summed E-state index contributed by atoms with van der Waals surface area (Å²) in [4.78, 5) is 31.5. The summed E-state index contributed by atoms with van der Waals surface area (Å²) in [5, 5.41) is 5.70. The lowest BCUT2D eigenvalue weighted by atomic mass is 9.95. The third-order valence-electron chi connectivity index (χ3n) is 6.30. The quantitative estimate of drug-likeness (QED) is 0.210. The number of ether oxygens (including phenoxy) is 2. The maximum Gasteiger partial charge on any atom is 0.344 e. The van der Waals surface area contributed by atoms with Gasteiger partial charge in [0, 0.05) is 22.3 Å². The Balaban J connectivity index is 1.53. The highest BCUT2D eigenvalue weighted by Crippen LogP contribution is 2.40. The van der Waals surface area contributed by atoms with Gasteiger partial charge in [0.2, 0.25) is 0 Å². The molecule has 1 heterocycles. The number of rotatable bonds is 8. The third-order valence-corrected chi connectivity index (χ3v) is 7.50. The van der Waals surface area contributed by atoms with Gasteiger partial charge in [-0.2, -0.15) is 0 Å². The van der Waals surface area contributed by atoms with Crippen molar-refractivity contribution in [2.75, 3.05) is 18.5 Å². The van der Waals surface area contributed by atoms with Gasteiger partial charge in [-0.3, -0.25) is 4.79 Å². The molecule has 0 radical (unpaired) electrons. The minimum absolute atomic E-state index is 0.144. The van der Waals surface area contributed by atoms with Gasteiger partial charge < -0.3 is 14.8 Å². The molecule has 3 aromatic carbocycles. The van der Waals surface area contributed by atoms with Gasteiger partial charge in [0.05, 0.1) is 12.2 Å². The molecule has 6 nitrogen and oxygen atoms in total. The van der Waals surface area contributed by atoms with Crippen LogP contribution in [0, 0.1) is 0 Å². The van der Waals surface area contributed by atoms with Gasteiger partial charge in [-0.25, -0.2) is 9.79 Å². The standard InChI is InChI=1S/C30H28N2O4S/c1-2-35-27(33)19-36-25-17-16-20-10-6-7-13-22(20)24(25)18-31-30-28(23-14-8-9-15-26(23)37-30)29(34)32-21-11-4-3-5-12-21/h3-7,10-13,16-18H,2,8-9,14-15,19H2,1H3,(H,32,34). The van der Waals surface area contributed by atoms with Gasteiger partial charge in [0.1, 0.15) is 10.8 Å². The Labute approximate surface area is 220 Å². The number of amides is 1. The van der Waals surface area contributed by atoms with Crippen LogP contribution in [0.3, 0.4) is 0 Å². The second kappa shape index (κ2) is 11.4. The van der Waals surface area contributed by atoms with Gasteiger partial charge >= 0.3 is 5.97 Å². The van der Waals surface area contributed by atoms with Crippen LogP contribution < -0.4 is 10.1 Å². The molecule has 0 aliphatic heterocycles. The van der Waals surface area contributed by atoms with Crippen molar-refractivity contribution < 1.29 is 19.1 Å². The fraction of sp³-hybridized carbons (Fsp3) is 0.233. The maximum absolute atomic E-state index is 13.4. The van der Waals surface area contributed by atoms with E-state index in [0.29, 0.717) is 22.9 Å². The zero-order chi connectivity index (χ0) is 25.6. The summed E-state index contributed by atoms with van der Waals surface area (Å²) < 4.78 is 10.9. The highest BCUT2D eigenvalue weighted by molar-refractivity contribution is 7.16. The van der Waals surface area contributed by atoms with Crippen molar-refractivity contribution in [2.45, 2.75) is 32.6 Å². The summed E-state index contributed by atoms with van der Waals surface area (Å²) in [5.41, 5.74) is 3.26. The number of carbonyl (C=O) groups excluding carboxylic acids is 2. The molecule has 1 aliphatic carbocycles. The molecule has 37 heavy (non-hydrogen) atoms. The van der Waals surface area contributed by atoms with E-state index in [1.54, 1.807) is 24.5 Å². The van der Waals surface area contributed by atoms with E-state index >= 15 is 0 Å². The van der Waals surface area contributed by atoms with Crippen molar-refractivity contribution in [3.8, 4) is 5.75 Å². The van der Waals surface area contributed by atoms with E-state index in [1.165, 1.54) is 4.88 Å². The van der Waals surface area contributed by atoms with Gasteiger partial charge in [0.15, 0.2) is 6.61 Å². The number of para-hydroxylation sites is 1. The molecule has 1 amide bonds. The number of esters is 1. The molecule has 0 fully saturated rings. The van der Waals surface area contributed by atoms with Crippen molar-refractivity contribution in [3.05, 3.63) is 88.3 Å². The van der Waals surface area contributed by atoms with Gasteiger partial charge in [0.25, 0.3) is 5.91 Å². The van der Waals surface area contributed by atoms with Crippen molar-refractivity contribution in [2.24, 2.45) is 4.99 Å². The fourth-order valence-electron chi connectivity index (χ4n) is 4.59. The molecule has 7 heteroatoms. The number of aryl methyl sites for hydroxylation is 1. The molecule has 1 aliphatic rings. The molecule has 5 rings (SSSR count). The number of nitrogens with zero attached hydrogens (tertiary/aromatic N) is 1. The van der Waals surface area contributed by atoms with Crippen LogP contribution >= 0.6 is 11.3 Å². The number of carbonyl (C=O) groups is 2. The zero-order valence-corrected chi connectivity index (χ0v) is 21.5. The molecule has 0 atom stereocenters. The Kier molecular flexibility index (Phi) is 7.61. The van der Waals surface area contributed by atoms with Crippen LogP contribution in [0.15, 0.2) is 71.7 Å². The average molecular weight is 513 g/mol. The Morgan fingerprint density at radius 1 is 1.00 bits per heavy atom. The van der Waals surface area contributed by atoms with Crippen LogP contribution in [0.4, 0.5) is 10.7 Å². The van der Waals surface area contributed by atoms with E-state index in [4.69, 9.17) is 14.5 Å². The number of anilines is 1. The molecule has 0 spiro atoms. The highest BCUT2D eigenvalue weighted by atomic mass is 32.1. The zero-order valence-electron chi connectivity index (χ0n) is 20.7. The van der Waals surface area contributed by atoms with E-state index in [1.807, 2.05) is 66.7 Å². The topological polar surface area (TPSA) is 77.0 Å². The second-order valence-electron chi connectivity index (χ2n) is 8.76. The van der Waals surface area contributed by atoms with Crippen molar-refractivity contribution in [1.82, 2.24) is 0 Å². The molecule has 1 aromatic heterocycles. The molecule has 0 bridgehead atoms. The van der Waals surface area contributed by atoms with Crippen LogP contribution in [-0.2, 0) is 22.4 Å². The molecule has 0 unspecified atom stereocenters. The van der Waals surface area contributed by atoms with Gasteiger partial charge in [-0.1, -0.05) is 48.5 Å². The SMILES string of the molecule is CCOC(=O)COc1ccc2ccccc2c1C=Nc1sc2c(c1C(=O)Nc1ccccc1)CCCC2. The number of hydrogen-bond donors (Lipinski definition) is 1. The predicted molar refractivity (Wildman–Crippen MR) is 149 cm³/mol. The second-order valence-corrected chi connectivity index (χ2v) is 9.85. The lowest BCUT2D eigenvalue weighted by Gasteiger charge is -2.13. The molecule has 0 saturated carbocycles. The van der Waals surface area contributed by atoms with Crippen LogP contribution in [0.2, 0.25) is 0 Å². The minimum Gasteiger partial charge on any atom is -0.481 e. The minimum atomic E-state index is -0.427. The first-order valence-corrected chi connectivity index (χ1v) is 13.3. The number of nitrogens with one attached hydrogen (secondary N) is 1. The van der Waals surface area contributed by atoms with Gasteiger partial charge in [-0.05, 0) is 67.1 Å². The number of aliphatic imine (C=N–C) groups is 1. The highest BCUT2D eigenvalue weighted by Gasteiger charge is 2.25. The summed E-state index contributed by atoms with van der Waals surface area (Å²) in [7, 11) is 0. The molecule has 188 valence electrons. The maximum atomic E-state index is 13.4. The Hall–Kier alpha value is -3.97. The van der Waals surface area contributed by atoms with E-state index in [2.05, 4.69) is 5.32 Å². The average Bonchev–Trinajstić information content (AvgIpc) is 3.30. The number of thiophene rings is 1. The Morgan fingerprint density at radius 3 is 2.62 bits per heavy atom. The number of benzene rings is 3. The normalized spacial score (nSPS) is 12.9. The van der Waals surface area contributed by atoms with Crippen LogP contribution in [0.1, 0.15) is 46.1 Å². The summed E-state index contributed by atoms with van der Waals surface area (Å²) in [6.07, 6.45) is 5.77.